The van der Waals surface area contributed by atoms with Crippen LogP contribution in [0.3, 0.4) is 0 Å². The molecular formula is C20H24N4O3. The summed E-state index contributed by atoms with van der Waals surface area (Å²) in [5.74, 6) is 0.586. The predicted octanol–water partition coefficient (Wildman–Crippen LogP) is 2.11. The second-order valence-electron chi connectivity index (χ2n) is 7.23. The number of carbonyl (C=O) groups is 2. The van der Waals surface area contributed by atoms with E-state index in [4.69, 9.17) is 4.74 Å². The molecule has 1 atom stereocenters. The first-order valence-corrected chi connectivity index (χ1v) is 9.41. The van der Waals surface area contributed by atoms with Crippen LogP contribution in [-0.2, 0) is 6.61 Å². The first-order valence-electron chi connectivity index (χ1n) is 9.41. The Morgan fingerprint density at radius 2 is 2.15 bits per heavy atom. The lowest BCUT2D eigenvalue weighted by Crippen LogP contribution is -2.52. The van der Waals surface area contributed by atoms with Gasteiger partial charge in [-0.1, -0.05) is 12.1 Å². The Balaban J connectivity index is 1.36. The van der Waals surface area contributed by atoms with Gasteiger partial charge in [0.15, 0.2) is 11.5 Å². The molecule has 7 heteroatoms. The molecule has 2 aliphatic heterocycles. The molecule has 142 valence electrons. The summed E-state index contributed by atoms with van der Waals surface area (Å²) in [6.07, 6.45) is 2.39. The predicted molar refractivity (Wildman–Crippen MR) is 99.9 cm³/mol. The molecule has 3 heterocycles. The number of ketones is 1. The van der Waals surface area contributed by atoms with Crippen LogP contribution in [0.4, 0.5) is 0 Å². The SMILES string of the molecule is CC(=O)c1cccc(OCc2cc(C(=O)N3CCN4CCCC4C3)n[nH]2)c1. The zero-order valence-corrected chi connectivity index (χ0v) is 15.5. The van der Waals surface area contributed by atoms with Crippen LogP contribution in [0.5, 0.6) is 5.75 Å². The van der Waals surface area contributed by atoms with Crippen molar-refractivity contribution >= 4 is 11.7 Å². The standard InChI is InChI=1S/C20H24N4O3/c1-14(25)15-4-2-6-18(10-15)27-13-16-11-19(22-21-16)20(26)24-9-8-23-7-3-5-17(23)12-24/h2,4,6,10-11,17H,3,5,7-9,12-13H2,1H3,(H,21,22). The molecule has 0 bridgehead atoms. The van der Waals surface area contributed by atoms with Crippen molar-refractivity contribution in [3.05, 3.63) is 47.3 Å². The Kier molecular flexibility index (Phi) is 4.94. The van der Waals surface area contributed by atoms with Crippen LogP contribution in [0.2, 0.25) is 0 Å². The van der Waals surface area contributed by atoms with Crippen LogP contribution in [0.25, 0.3) is 0 Å². The number of aromatic nitrogens is 2. The molecule has 0 saturated carbocycles. The number of nitrogens with zero attached hydrogens (tertiary/aromatic N) is 3. The van der Waals surface area contributed by atoms with E-state index in [9.17, 15) is 9.59 Å². The quantitative estimate of drug-likeness (QED) is 0.818. The maximum Gasteiger partial charge on any atom is 0.274 e. The molecule has 0 spiro atoms. The van der Waals surface area contributed by atoms with Gasteiger partial charge in [0.1, 0.15) is 12.4 Å². The number of ether oxygens (including phenoxy) is 1. The van der Waals surface area contributed by atoms with E-state index in [1.165, 1.54) is 19.8 Å². The average Bonchev–Trinajstić information content (AvgIpc) is 3.34. The number of Topliss-reactive ketones (excluding diaryl/α,β-unsaturated/α-hetero) is 1. The smallest absolute Gasteiger partial charge is 0.274 e. The molecule has 1 aromatic heterocycles. The highest BCUT2D eigenvalue weighted by Crippen LogP contribution is 2.22. The zero-order valence-electron chi connectivity index (χ0n) is 15.5. The Morgan fingerprint density at radius 3 is 3.00 bits per heavy atom. The lowest BCUT2D eigenvalue weighted by molar-refractivity contribution is 0.0565. The number of benzene rings is 1. The number of carbonyl (C=O) groups excluding carboxylic acids is 2. The number of hydrogen-bond donors (Lipinski definition) is 1. The highest BCUT2D eigenvalue weighted by molar-refractivity contribution is 5.94. The van der Waals surface area contributed by atoms with E-state index in [1.807, 2.05) is 4.90 Å². The van der Waals surface area contributed by atoms with Crippen molar-refractivity contribution in [3.63, 3.8) is 0 Å². The summed E-state index contributed by atoms with van der Waals surface area (Å²) < 4.78 is 5.72. The molecule has 1 unspecified atom stereocenters. The minimum absolute atomic E-state index is 0.00256. The highest BCUT2D eigenvalue weighted by Gasteiger charge is 2.33. The molecule has 0 aliphatic carbocycles. The third kappa shape index (κ3) is 3.88. The molecule has 1 amide bonds. The minimum atomic E-state index is -0.0253. The molecule has 0 radical (unpaired) electrons. The second kappa shape index (κ2) is 7.52. The van der Waals surface area contributed by atoms with Gasteiger partial charge >= 0.3 is 0 Å². The van der Waals surface area contributed by atoms with Crippen LogP contribution in [-0.4, -0.2) is 63.9 Å². The van der Waals surface area contributed by atoms with Gasteiger partial charge in [-0.05, 0) is 44.5 Å². The maximum absolute atomic E-state index is 12.7. The third-order valence-corrected chi connectivity index (χ3v) is 5.36. The molecule has 2 aromatic rings. The number of hydrogen-bond acceptors (Lipinski definition) is 5. The Bertz CT molecular complexity index is 847. The number of rotatable bonds is 5. The Morgan fingerprint density at radius 1 is 1.26 bits per heavy atom. The molecule has 4 rings (SSSR count). The number of fused-ring (bicyclic) bond motifs is 1. The van der Waals surface area contributed by atoms with Gasteiger partial charge in [0.25, 0.3) is 5.91 Å². The number of amides is 1. The van der Waals surface area contributed by atoms with Gasteiger partial charge < -0.3 is 9.64 Å². The van der Waals surface area contributed by atoms with Gasteiger partial charge in [0, 0.05) is 31.2 Å². The van der Waals surface area contributed by atoms with E-state index in [0.29, 0.717) is 23.0 Å². The van der Waals surface area contributed by atoms with Crippen LogP contribution < -0.4 is 4.74 Å². The van der Waals surface area contributed by atoms with Gasteiger partial charge in [0.05, 0.1) is 5.69 Å². The molecule has 2 saturated heterocycles. The second-order valence-corrected chi connectivity index (χ2v) is 7.23. The molecule has 1 N–H and O–H groups in total. The summed E-state index contributed by atoms with van der Waals surface area (Å²) in [7, 11) is 0. The van der Waals surface area contributed by atoms with E-state index in [2.05, 4.69) is 15.1 Å². The van der Waals surface area contributed by atoms with Crippen LogP contribution in [0.1, 0.15) is 46.3 Å². The monoisotopic (exact) mass is 368 g/mol. The Labute approximate surface area is 158 Å². The first-order chi connectivity index (χ1) is 13.1. The van der Waals surface area contributed by atoms with Crippen LogP contribution in [0.15, 0.2) is 30.3 Å². The minimum Gasteiger partial charge on any atom is -0.487 e. The average molecular weight is 368 g/mol. The van der Waals surface area contributed by atoms with Gasteiger partial charge in [-0.3, -0.25) is 19.6 Å². The zero-order chi connectivity index (χ0) is 18.8. The van der Waals surface area contributed by atoms with Crippen molar-refractivity contribution in [1.29, 1.82) is 0 Å². The number of H-pyrrole nitrogens is 1. The fourth-order valence-electron chi connectivity index (χ4n) is 3.85. The topological polar surface area (TPSA) is 78.5 Å². The summed E-state index contributed by atoms with van der Waals surface area (Å²) in [6, 6.07) is 9.31. The van der Waals surface area contributed by atoms with E-state index in [0.717, 1.165) is 31.9 Å². The largest absolute Gasteiger partial charge is 0.487 e. The molecule has 7 nitrogen and oxygen atoms in total. The molecule has 2 aliphatic rings. The third-order valence-electron chi connectivity index (χ3n) is 5.36. The van der Waals surface area contributed by atoms with E-state index in [1.54, 1.807) is 30.3 Å². The van der Waals surface area contributed by atoms with Crippen LogP contribution >= 0.6 is 0 Å². The fraction of sp³-hybridized carbons (Fsp3) is 0.450. The number of piperazine rings is 1. The summed E-state index contributed by atoms with van der Waals surface area (Å²) >= 11 is 0. The first kappa shape index (κ1) is 17.7. The molecule has 1 aromatic carbocycles. The van der Waals surface area contributed by atoms with E-state index >= 15 is 0 Å². The normalized spacial score (nSPS) is 19.7. The highest BCUT2D eigenvalue weighted by atomic mass is 16.5. The summed E-state index contributed by atoms with van der Waals surface area (Å²) in [5.41, 5.74) is 1.77. The fourth-order valence-corrected chi connectivity index (χ4v) is 3.85. The van der Waals surface area contributed by atoms with Gasteiger partial charge in [0.2, 0.25) is 0 Å². The number of nitrogens with one attached hydrogen (secondary N) is 1. The van der Waals surface area contributed by atoms with Crippen molar-refractivity contribution in [2.75, 3.05) is 26.2 Å². The van der Waals surface area contributed by atoms with E-state index in [-0.39, 0.29) is 18.3 Å². The lowest BCUT2D eigenvalue weighted by atomic mass is 10.1. The summed E-state index contributed by atoms with van der Waals surface area (Å²) in [4.78, 5) is 28.6. The van der Waals surface area contributed by atoms with Crippen molar-refractivity contribution < 1.29 is 14.3 Å². The lowest BCUT2D eigenvalue weighted by Gasteiger charge is -2.37. The Hall–Kier alpha value is -2.67. The van der Waals surface area contributed by atoms with Gasteiger partial charge in [-0.15, -0.1) is 0 Å². The summed E-state index contributed by atoms with van der Waals surface area (Å²) in [5, 5.41) is 7.05. The molecular weight excluding hydrogens is 344 g/mol. The van der Waals surface area contributed by atoms with Crippen molar-refractivity contribution in [1.82, 2.24) is 20.0 Å². The van der Waals surface area contributed by atoms with E-state index < -0.39 is 0 Å². The van der Waals surface area contributed by atoms with Gasteiger partial charge in [-0.2, -0.15) is 5.10 Å². The van der Waals surface area contributed by atoms with Crippen molar-refractivity contribution in [2.45, 2.75) is 32.4 Å². The summed E-state index contributed by atoms with van der Waals surface area (Å²) in [6.45, 7) is 5.43. The number of aromatic amines is 1. The molecule has 27 heavy (non-hydrogen) atoms. The van der Waals surface area contributed by atoms with Crippen molar-refractivity contribution in [3.8, 4) is 5.75 Å². The maximum atomic E-state index is 12.7. The van der Waals surface area contributed by atoms with Gasteiger partial charge in [-0.25, -0.2) is 0 Å². The van der Waals surface area contributed by atoms with Crippen molar-refractivity contribution in [2.24, 2.45) is 0 Å². The molecule has 2 fully saturated rings. The van der Waals surface area contributed by atoms with Crippen LogP contribution in [0, 0.1) is 0 Å².